The third-order valence-electron chi connectivity index (χ3n) is 4.26. The fourth-order valence-electron chi connectivity index (χ4n) is 2.60. The van der Waals surface area contributed by atoms with Gasteiger partial charge in [0.05, 0.1) is 20.8 Å². The molecule has 3 aromatic rings. The standard InChI is InChI=1S/C17H17N7O5S2/c1-10(11-3-6-13(7-4-11)31(18,28)29)19-16(25)12-5-8-15(14(9-12)24(26)27)30-17-20-21-22-23(17)2/h3-10H,1-2H3,(H,19,25)(H2,18,28,29). The molecule has 0 bridgehead atoms. The first-order valence-electron chi connectivity index (χ1n) is 8.68. The maximum absolute atomic E-state index is 12.6. The van der Waals surface area contributed by atoms with Crippen molar-refractivity contribution in [1.82, 2.24) is 25.5 Å². The van der Waals surface area contributed by atoms with E-state index in [1.807, 2.05) is 0 Å². The molecule has 3 rings (SSSR count). The van der Waals surface area contributed by atoms with Crippen molar-refractivity contribution in [3.05, 3.63) is 63.7 Å². The van der Waals surface area contributed by atoms with Crippen LogP contribution in [0.5, 0.6) is 0 Å². The van der Waals surface area contributed by atoms with Crippen LogP contribution >= 0.6 is 11.8 Å². The largest absolute Gasteiger partial charge is 0.346 e. The van der Waals surface area contributed by atoms with Gasteiger partial charge in [-0.2, -0.15) is 0 Å². The number of hydrogen-bond acceptors (Lipinski definition) is 9. The van der Waals surface area contributed by atoms with Crippen LogP contribution in [-0.2, 0) is 17.1 Å². The lowest BCUT2D eigenvalue weighted by atomic mass is 10.1. The number of benzene rings is 2. The van der Waals surface area contributed by atoms with Crippen LogP contribution in [0.3, 0.4) is 0 Å². The summed E-state index contributed by atoms with van der Waals surface area (Å²) >= 11 is 1.00. The smallest absolute Gasteiger partial charge is 0.284 e. The van der Waals surface area contributed by atoms with Crippen LogP contribution in [0, 0.1) is 10.1 Å². The molecule has 0 aliphatic carbocycles. The maximum Gasteiger partial charge on any atom is 0.284 e. The molecule has 1 atom stereocenters. The van der Waals surface area contributed by atoms with Gasteiger partial charge in [0, 0.05) is 18.7 Å². The summed E-state index contributed by atoms with van der Waals surface area (Å²) in [7, 11) is -2.21. The second-order valence-electron chi connectivity index (χ2n) is 6.44. The highest BCUT2D eigenvalue weighted by molar-refractivity contribution is 7.99. The third kappa shape index (κ3) is 5.22. The summed E-state index contributed by atoms with van der Waals surface area (Å²) in [6, 6.07) is 9.35. The Bertz CT molecular complexity index is 1240. The lowest BCUT2D eigenvalue weighted by Gasteiger charge is -2.15. The van der Waals surface area contributed by atoms with E-state index in [4.69, 9.17) is 5.14 Å². The van der Waals surface area contributed by atoms with Gasteiger partial charge in [-0.3, -0.25) is 14.9 Å². The summed E-state index contributed by atoms with van der Waals surface area (Å²) in [5, 5.41) is 30.6. The number of nitro groups is 1. The quantitative estimate of drug-likeness (QED) is 0.387. The summed E-state index contributed by atoms with van der Waals surface area (Å²) in [5.41, 5.74) is 0.475. The fourth-order valence-corrected chi connectivity index (χ4v) is 3.94. The van der Waals surface area contributed by atoms with Gasteiger partial charge in [0.25, 0.3) is 11.6 Å². The van der Waals surface area contributed by atoms with Gasteiger partial charge in [-0.25, -0.2) is 18.2 Å². The van der Waals surface area contributed by atoms with Crippen molar-refractivity contribution in [1.29, 1.82) is 0 Å². The zero-order valence-corrected chi connectivity index (χ0v) is 17.9. The van der Waals surface area contributed by atoms with Gasteiger partial charge in [-0.15, -0.1) is 5.10 Å². The van der Waals surface area contributed by atoms with Crippen molar-refractivity contribution in [3.8, 4) is 0 Å². The lowest BCUT2D eigenvalue weighted by molar-refractivity contribution is -0.387. The minimum absolute atomic E-state index is 0.0448. The first kappa shape index (κ1) is 22.3. The molecule has 162 valence electrons. The van der Waals surface area contributed by atoms with Crippen LogP contribution in [0.4, 0.5) is 5.69 Å². The number of nitro benzene ring substituents is 1. The molecule has 12 nitrogen and oxygen atoms in total. The van der Waals surface area contributed by atoms with Gasteiger partial charge in [-0.1, -0.05) is 12.1 Å². The minimum atomic E-state index is -3.82. The molecule has 31 heavy (non-hydrogen) atoms. The summed E-state index contributed by atoms with van der Waals surface area (Å²) in [4.78, 5) is 23.8. The number of amides is 1. The molecule has 0 saturated carbocycles. The van der Waals surface area contributed by atoms with Crippen LogP contribution in [0.1, 0.15) is 28.9 Å². The van der Waals surface area contributed by atoms with Gasteiger partial charge in [0.2, 0.25) is 15.2 Å². The molecule has 14 heteroatoms. The van der Waals surface area contributed by atoms with Crippen molar-refractivity contribution in [2.75, 3.05) is 0 Å². The molecular formula is C17H17N7O5S2. The van der Waals surface area contributed by atoms with Crippen molar-refractivity contribution in [2.24, 2.45) is 12.2 Å². The summed E-state index contributed by atoms with van der Waals surface area (Å²) in [5.74, 6) is -0.525. The second kappa shape index (κ2) is 8.79. The summed E-state index contributed by atoms with van der Waals surface area (Å²) in [6.45, 7) is 1.70. The molecule has 0 aliphatic rings. The molecule has 2 aromatic carbocycles. The van der Waals surface area contributed by atoms with Crippen LogP contribution in [0.25, 0.3) is 0 Å². The van der Waals surface area contributed by atoms with Gasteiger partial charge in [-0.05, 0) is 58.9 Å². The van der Waals surface area contributed by atoms with Gasteiger partial charge in [0.1, 0.15) is 0 Å². The first-order valence-corrected chi connectivity index (χ1v) is 11.0. The molecular weight excluding hydrogens is 446 g/mol. The highest BCUT2D eigenvalue weighted by Crippen LogP contribution is 2.34. The van der Waals surface area contributed by atoms with E-state index in [-0.39, 0.29) is 21.0 Å². The van der Waals surface area contributed by atoms with E-state index >= 15 is 0 Å². The molecule has 1 heterocycles. The molecule has 0 aliphatic heterocycles. The number of rotatable bonds is 7. The number of nitrogens with two attached hydrogens (primary N) is 1. The minimum Gasteiger partial charge on any atom is -0.346 e. The number of hydrogen-bond donors (Lipinski definition) is 2. The molecule has 1 aromatic heterocycles. The SMILES string of the molecule is CC(NC(=O)c1ccc(Sc2nnnn2C)c([N+](=O)[O-])c1)c1ccc(S(N)(=O)=O)cc1. The van der Waals surface area contributed by atoms with Crippen molar-refractivity contribution in [2.45, 2.75) is 27.9 Å². The zero-order valence-electron chi connectivity index (χ0n) is 16.3. The predicted molar refractivity (Wildman–Crippen MR) is 110 cm³/mol. The number of nitrogens with zero attached hydrogens (tertiary/aromatic N) is 5. The topological polar surface area (TPSA) is 176 Å². The van der Waals surface area contributed by atoms with E-state index in [1.165, 1.54) is 47.1 Å². The number of carbonyl (C=O) groups excluding carboxylic acids is 1. The Balaban J connectivity index is 1.79. The average Bonchev–Trinajstić information content (AvgIpc) is 3.12. The molecule has 0 saturated heterocycles. The number of carbonyl (C=O) groups is 1. The van der Waals surface area contributed by atoms with E-state index in [0.717, 1.165) is 11.8 Å². The zero-order chi connectivity index (χ0) is 22.8. The van der Waals surface area contributed by atoms with E-state index in [1.54, 1.807) is 14.0 Å². The predicted octanol–water partition coefficient (Wildman–Crippen LogP) is 1.41. The van der Waals surface area contributed by atoms with Gasteiger partial charge in [0.15, 0.2) is 0 Å². The number of sulfonamides is 1. The highest BCUT2D eigenvalue weighted by atomic mass is 32.2. The fraction of sp³-hybridized carbons (Fsp3) is 0.176. The normalized spacial score (nSPS) is 12.4. The van der Waals surface area contributed by atoms with Gasteiger partial charge >= 0.3 is 0 Å². The molecule has 0 fully saturated rings. The second-order valence-corrected chi connectivity index (χ2v) is 9.01. The Morgan fingerprint density at radius 1 is 1.26 bits per heavy atom. The maximum atomic E-state index is 12.6. The molecule has 0 radical (unpaired) electrons. The van der Waals surface area contributed by atoms with E-state index in [0.29, 0.717) is 10.7 Å². The number of aryl methyl sites for hydroxylation is 1. The van der Waals surface area contributed by atoms with E-state index in [9.17, 15) is 23.3 Å². The summed E-state index contributed by atoms with van der Waals surface area (Å²) in [6.07, 6.45) is 0. The lowest BCUT2D eigenvalue weighted by Crippen LogP contribution is -2.26. The first-order chi connectivity index (χ1) is 14.6. The van der Waals surface area contributed by atoms with E-state index < -0.39 is 26.9 Å². The van der Waals surface area contributed by atoms with Crippen molar-refractivity contribution in [3.63, 3.8) is 0 Å². The Morgan fingerprint density at radius 2 is 1.94 bits per heavy atom. The van der Waals surface area contributed by atoms with Crippen molar-refractivity contribution < 1.29 is 18.1 Å². The molecule has 3 N–H and O–H groups in total. The van der Waals surface area contributed by atoms with Crippen LogP contribution in [0.15, 0.2) is 57.4 Å². The molecule has 0 spiro atoms. The average molecular weight is 464 g/mol. The van der Waals surface area contributed by atoms with E-state index in [2.05, 4.69) is 20.8 Å². The highest BCUT2D eigenvalue weighted by Gasteiger charge is 2.21. The number of primary sulfonamides is 1. The molecule has 1 amide bonds. The van der Waals surface area contributed by atoms with Crippen LogP contribution in [0.2, 0.25) is 0 Å². The Hall–Kier alpha value is -3.36. The van der Waals surface area contributed by atoms with Crippen LogP contribution < -0.4 is 10.5 Å². The summed E-state index contributed by atoms with van der Waals surface area (Å²) < 4.78 is 24.1. The Labute approximate surface area is 181 Å². The number of nitrogens with one attached hydrogen (secondary N) is 1. The Kier molecular flexibility index (Phi) is 6.33. The number of aromatic nitrogens is 4. The van der Waals surface area contributed by atoms with Crippen molar-refractivity contribution >= 4 is 33.4 Å². The third-order valence-corrected chi connectivity index (χ3v) is 6.28. The van der Waals surface area contributed by atoms with Crippen LogP contribution in [-0.4, -0.2) is 39.5 Å². The molecule has 1 unspecified atom stereocenters. The Morgan fingerprint density at radius 3 is 2.48 bits per heavy atom. The monoisotopic (exact) mass is 463 g/mol. The number of tetrazole rings is 1. The van der Waals surface area contributed by atoms with Gasteiger partial charge < -0.3 is 5.32 Å².